The Kier molecular flexibility index (Phi) is 35.7. The number of anilines is 12. The Labute approximate surface area is 823 Å². The highest BCUT2D eigenvalue weighted by atomic mass is 79.9. The molecule has 15 rings (SSSR count). The van der Waals surface area contributed by atoms with Crippen LogP contribution in [0.15, 0.2) is 88.7 Å². The molecule has 35 nitrogen and oxygen atoms in total. The zero-order valence-electron chi connectivity index (χ0n) is 81.8. The number of aryl methyl sites for hydroxylation is 6. The molecule has 0 unspecified atom stereocenters. The number of likely N-dealkylation sites (tertiary alicyclic amines) is 2. The standard InChI is InChI=1S/C31H42ClN7O5S.C30H42ClN7O4S.C26H34ClN7O3S.C5H9BrO2.C2H6/c1-18(2)45(41,42)28-25(17-38(6)37-28)34-27-23(32)16-33-30(36-27)35-24-14-19(3)22(15-26(24)44-21-8-9-21)20-10-12-39(13-11-20)31(4,5)29(40)43-7;1-18(2)43(40,41)28-25(16-37(6)36-28)33-27-23(31)15-32-29(35-27)34-24-13-19(3)22(14-26(24)42-21-7-8-21)20-9-11-38(12-10-20)30(4,5)17-39;1-15(2)38(35,36)25-22(14-34(4)33-25)30-24-20(27)13-29-26(32-24)31-21-11-16(3)19(17-7-9-28-10-8-17)12-23(21)37-18-5-6-18;1-5(2,6)4(7)8-3;1-2/h14-18,20-21H,8-13H2,1-7H3,(H2,33,34,35,36);13-16,18,20-21,39H,7-12,17H2,1-6H3,(H2,32,33,34,35);11-15,17-18,28H,5-10H2,1-4H3,(H2,29,30,31,32);1-3H3;1-2H3. The van der Waals surface area contributed by atoms with E-state index in [1.54, 1.807) is 95.1 Å². The summed E-state index contributed by atoms with van der Waals surface area (Å²) >= 11 is 22.4. The summed E-state index contributed by atoms with van der Waals surface area (Å²) in [4.78, 5) is 54.3. The Morgan fingerprint density at radius 1 is 0.456 bits per heavy atom. The van der Waals surface area contributed by atoms with E-state index in [2.05, 4.69) is 184 Å². The smallest absolute Gasteiger partial charge is 0.325 e. The van der Waals surface area contributed by atoms with Crippen LogP contribution in [0, 0.1) is 20.8 Å². The van der Waals surface area contributed by atoms with E-state index in [0.29, 0.717) is 29.4 Å². The molecule has 6 fully saturated rings. The molecule has 3 aliphatic heterocycles. The zero-order valence-corrected chi connectivity index (χ0v) is 88.1. The number of esters is 2. The van der Waals surface area contributed by atoms with Gasteiger partial charge in [0.05, 0.1) is 108 Å². The second-order valence-corrected chi connectivity index (χ2v) is 47.8. The van der Waals surface area contributed by atoms with Gasteiger partial charge >= 0.3 is 11.9 Å². The predicted molar refractivity (Wildman–Crippen MR) is 537 cm³/mol. The molecule has 3 saturated heterocycles. The van der Waals surface area contributed by atoms with Crippen LogP contribution in [0.25, 0.3) is 0 Å². The van der Waals surface area contributed by atoms with Gasteiger partial charge in [-0.1, -0.05) is 64.6 Å². The second-order valence-electron chi connectivity index (χ2n) is 37.4. The summed E-state index contributed by atoms with van der Waals surface area (Å²) in [5, 5.41) is 43.4. The molecule has 9 heterocycles. The number of piperidine rings is 3. The summed E-state index contributed by atoms with van der Waals surface area (Å²) in [5.74, 6) is 4.65. The van der Waals surface area contributed by atoms with E-state index in [9.17, 15) is 39.9 Å². The van der Waals surface area contributed by atoms with Crippen LogP contribution in [0.1, 0.15) is 225 Å². The van der Waals surface area contributed by atoms with E-state index >= 15 is 0 Å². The van der Waals surface area contributed by atoms with E-state index in [-0.39, 0.29) is 113 Å². The Balaban J connectivity index is 0.000000187. The molecule has 3 saturated carbocycles. The number of aromatic nitrogens is 12. The fourth-order valence-electron chi connectivity index (χ4n) is 15.8. The maximum atomic E-state index is 12.9. The van der Waals surface area contributed by atoms with Crippen molar-refractivity contribution in [3.8, 4) is 17.2 Å². The van der Waals surface area contributed by atoms with Gasteiger partial charge in [0.1, 0.15) is 42.2 Å². The number of ether oxygens (including phenoxy) is 5. The van der Waals surface area contributed by atoms with Crippen molar-refractivity contribution in [1.82, 2.24) is 74.4 Å². The van der Waals surface area contributed by atoms with Gasteiger partial charge < -0.3 is 66.0 Å². The number of nitrogens with zero attached hydrogens (tertiary/aromatic N) is 14. The fourth-order valence-corrected chi connectivity index (χ4v) is 19.6. The number of hydrogen-bond acceptors (Lipinski definition) is 32. The van der Waals surface area contributed by atoms with Gasteiger partial charge in [-0.2, -0.15) is 30.2 Å². The molecule has 0 bridgehead atoms. The van der Waals surface area contributed by atoms with Gasteiger partial charge in [0.25, 0.3) is 0 Å². The molecule has 9 aromatic rings. The maximum absolute atomic E-state index is 12.9. The molecule has 136 heavy (non-hydrogen) atoms. The van der Waals surface area contributed by atoms with Crippen molar-refractivity contribution in [3.63, 3.8) is 0 Å². The quantitative estimate of drug-likeness (QED) is 0.0143. The van der Waals surface area contributed by atoms with Crippen molar-refractivity contribution in [3.05, 3.63) is 122 Å². The van der Waals surface area contributed by atoms with Crippen LogP contribution in [-0.4, -0.2) is 221 Å². The lowest BCUT2D eigenvalue weighted by Gasteiger charge is -2.42. The van der Waals surface area contributed by atoms with Gasteiger partial charge in [-0.15, -0.1) is 0 Å². The number of alkyl halides is 1. The van der Waals surface area contributed by atoms with Crippen LogP contribution < -0.4 is 51.4 Å². The normalized spacial score (nSPS) is 16.2. The number of carbonyl (C=O) groups is 2. The summed E-state index contributed by atoms with van der Waals surface area (Å²) in [7, 11) is -3.16. The Morgan fingerprint density at radius 3 is 1.00 bits per heavy atom. The van der Waals surface area contributed by atoms with Gasteiger partial charge in [0.2, 0.25) is 62.4 Å². The molecule has 0 radical (unpaired) electrons. The lowest BCUT2D eigenvalue weighted by Crippen LogP contribution is -2.53. The van der Waals surface area contributed by atoms with Crippen LogP contribution in [0.2, 0.25) is 15.1 Å². The summed E-state index contributed by atoms with van der Waals surface area (Å²) in [6.45, 7) is 37.1. The summed E-state index contributed by atoms with van der Waals surface area (Å²) in [6, 6.07) is 12.7. The van der Waals surface area contributed by atoms with Crippen LogP contribution in [0.4, 0.5) is 69.4 Å². The van der Waals surface area contributed by atoms with E-state index in [4.69, 9.17) is 53.8 Å². The third-order valence-corrected chi connectivity index (χ3v) is 31.8. The average molecular weight is 2060 g/mol. The van der Waals surface area contributed by atoms with Gasteiger partial charge in [-0.3, -0.25) is 33.4 Å². The van der Waals surface area contributed by atoms with Crippen LogP contribution in [0.3, 0.4) is 0 Å². The number of carbonyl (C=O) groups excluding carboxylic acids is 2. The third kappa shape index (κ3) is 27.0. The minimum Gasteiger partial charge on any atom is -0.488 e. The fraction of sp³-hybridized carbons (Fsp3) is 0.564. The van der Waals surface area contributed by atoms with E-state index in [1.165, 1.54) is 69.1 Å². The summed E-state index contributed by atoms with van der Waals surface area (Å²) in [5.41, 5.74) is 9.50. The van der Waals surface area contributed by atoms with Crippen molar-refractivity contribution in [2.24, 2.45) is 21.1 Å². The van der Waals surface area contributed by atoms with E-state index in [0.717, 1.165) is 162 Å². The van der Waals surface area contributed by atoms with Crippen molar-refractivity contribution < 1.29 is 63.6 Å². The molecule has 8 N–H and O–H groups in total. The molecule has 0 amide bonds. The first-order valence-electron chi connectivity index (χ1n) is 46.2. The SMILES string of the molecule is CC.COC(=O)C(C)(C)Br.COC(=O)C(C)(C)N1CCC(c2cc(OC3CC3)c(Nc3ncc(Cl)c(Nc4cn(C)nc4S(=O)(=O)C(C)C)n3)cc2C)CC1.Cc1cc(Nc2ncc(Cl)c(Nc3cn(C)nc3S(=O)(=O)C(C)C)n2)c(OC2CC2)cc1C1CCN(C(C)(C)CO)CC1.Cc1cc(Nc2ncc(Cl)c(Nc3cn(C)nc3S(=O)(=O)C(C)C)n2)c(OC2CC2)cc1C1CCNCC1. The number of hydrogen-bond donors (Lipinski definition) is 8. The van der Waals surface area contributed by atoms with E-state index in [1.807, 2.05) is 27.7 Å². The highest BCUT2D eigenvalue weighted by Gasteiger charge is 2.41. The molecule has 6 aromatic heterocycles. The minimum absolute atomic E-state index is 0.0524. The first-order valence-corrected chi connectivity index (χ1v) is 52.8. The Bertz CT molecular complexity index is 6060. The second kappa shape index (κ2) is 45.3. The van der Waals surface area contributed by atoms with Crippen molar-refractivity contribution >= 4 is 162 Å². The van der Waals surface area contributed by atoms with Crippen LogP contribution in [-0.2, 0) is 69.7 Å². The Morgan fingerprint density at radius 2 is 0.743 bits per heavy atom. The lowest BCUT2D eigenvalue weighted by atomic mass is 9.84. The van der Waals surface area contributed by atoms with Gasteiger partial charge in [0.15, 0.2) is 17.5 Å². The first kappa shape index (κ1) is 107. The monoisotopic (exact) mass is 2060 g/mol. The number of aliphatic hydroxyl groups excluding tert-OH is 1. The number of nitrogens with one attached hydrogen (secondary N) is 7. The van der Waals surface area contributed by atoms with Gasteiger partial charge in [0, 0.05) is 45.3 Å². The topological polar surface area (TPSA) is 424 Å². The molecule has 0 spiro atoms. The number of methoxy groups -OCH3 is 2. The number of sulfone groups is 3. The summed E-state index contributed by atoms with van der Waals surface area (Å²) in [6.07, 6.45) is 21.9. The molecule has 744 valence electrons. The number of benzene rings is 3. The van der Waals surface area contributed by atoms with Crippen molar-refractivity contribution in [2.75, 3.05) is 92.0 Å². The molecule has 42 heteroatoms. The molecule has 6 aliphatic rings. The zero-order chi connectivity index (χ0) is 99.6. The highest BCUT2D eigenvalue weighted by molar-refractivity contribution is 9.10. The van der Waals surface area contributed by atoms with Crippen molar-refractivity contribution in [1.29, 1.82) is 0 Å². The third-order valence-electron chi connectivity index (χ3n) is 24.4. The summed E-state index contributed by atoms with van der Waals surface area (Å²) < 4.78 is 110. The molecular weight excluding hydrogens is 1930 g/mol. The number of halogens is 4. The molecule has 0 atom stereocenters. The van der Waals surface area contributed by atoms with Gasteiger partial charge in [-0.05, 0) is 308 Å². The largest absolute Gasteiger partial charge is 0.488 e. The molecular formula is C94H133BrCl3N21O14S3. The lowest BCUT2D eigenvalue weighted by molar-refractivity contribution is -0.154. The van der Waals surface area contributed by atoms with Crippen LogP contribution in [0.5, 0.6) is 17.2 Å². The number of rotatable bonds is 32. The number of aliphatic hydroxyl groups is 1. The van der Waals surface area contributed by atoms with E-state index < -0.39 is 55.1 Å². The maximum Gasteiger partial charge on any atom is 0.325 e. The molecule has 3 aromatic carbocycles. The first-order chi connectivity index (χ1) is 64.1. The average Bonchev–Trinajstić information content (AvgIpc) is 1.50. The highest BCUT2D eigenvalue weighted by Crippen LogP contribution is 2.46. The Hall–Kier alpha value is -9.29. The molecule has 3 aliphatic carbocycles. The van der Waals surface area contributed by atoms with Crippen molar-refractivity contribution in [2.45, 2.75) is 277 Å². The van der Waals surface area contributed by atoms with Crippen LogP contribution >= 0.6 is 50.7 Å². The van der Waals surface area contributed by atoms with Gasteiger partial charge in [-0.25, -0.2) is 40.2 Å². The predicted octanol–water partition coefficient (Wildman–Crippen LogP) is 18.1. The minimum atomic E-state index is -3.66.